The normalized spacial score (nSPS) is 15.3. The van der Waals surface area contributed by atoms with Gasteiger partial charge in [0.05, 0.1) is 30.2 Å². The van der Waals surface area contributed by atoms with Gasteiger partial charge in [-0.25, -0.2) is 0 Å². The van der Waals surface area contributed by atoms with Crippen molar-refractivity contribution < 1.29 is 9.47 Å². The van der Waals surface area contributed by atoms with E-state index in [1.807, 2.05) is 30.3 Å². The van der Waals surface area contributed by atoms with Crippen molar-refractivity contribution in [2.45, 2.75) is 92.4 Å². The highest BCUT2D eigenvalue weighted by atomic mass is 16.5. The molecule has 6 heteroatoms. The zero-order valence-electron chi connectivity index (χ0n) is 30.4. The third kappa shape index (κ3) is 11.0. The number of nitriles is 1. The summed E-state index contributed by atoms with van der Waals surface area (Å²) in [6.45, 7) is 13.3. The monoisotopic (exact) mass is 660 g/mol. The van der Waals surface area contributed by atoms with E-state index in [1.165, 1.54) is 44.9 Å². The van der Waals surface area contributed by atoms with Crippen LogP contribution in [0.3, 0.4) is 0 Å². The molecule has 0 amide bonds. The van der Waals surface area contributed by atoms with Gasteiger partial charge in [0.15, 0.2) is 0 Å². The van der Waals surface area contributed by atoms with Gasteiger partial charge in [-0.2, -0.15) is 5.26 Å². The fourth-order valence-electron chi connectivity index (χ4n) is 6.21. The average Bonchev–Trinajstić information content (AvgIpc) is 3.53. The fourth-order valence-corrected chi connectivity index (χ4v) is 6.21. The second kappa shape index (κ2) is 20.1. The number of hydrogen-bond acceptors (Lipinski definition) is 6. The van der Waals surface area contributed by atoms with Crippen LogP contribution in [0.25, 0.3) is 17.0 Å². The summed E-state index contributed by atoms with van der Waals surface area (Å²) in [7, 11) is 0. The first-order valence-electron chi connectivity index (χ1n) is 18.4. The lowest BCUT2D eigenvalue weighted by Gasteiger charge is -2.17. The van der Waals surface area contributed by atoms with Gasteiger partial charge in [-0.1, -0.05) is 78.7 Å². The van der Waals surface area contributed by atoms with Crippen LogP contribution in [0.4, 0.5) is 0 Å². The molecule has 0 saturated carbocycles. The Hall–Kier alpha value is -4.50. The lowest BCUT2D eigenvalue weighted by molar-refractivity contribution is 0.232. The molecule has 0 bridgehead atoms. The van der Waals surface area contributed by atoms with E-state index in [4.69, 9.17) is 9.47 Å². The summed E-state index contributed by atoms with van der Waals surface area (Å²) in [5.74, 6) is 2.95. The van der Waals surface area contributed by atoms with E-state index in [-0.39, 0.29) is 0 Å². The summed E-state index contributed by atoms with van der Waals surface area (Å²) >= 11 is 0. The van der Waals surface area contributed by atoms with Crippen molar-refractivity contribution in [3.05, 3.63) is 107 Å². The van der Waals surface area contributed by atoms with Gasteiger partial charge in [0.25, 0.3) is 0 Å². The maximum absolute atomic E-state index is 9.98. The van der Waals surface area contributed by atoms with Gasteiger partial charge in [-0.05, 0) is 109 Å². The molecule has 1 aromatic heterocycles. The summed E-state index contributed by atoms with van der Waals surface area (Å²) in [5, 5.41) is 17.1. The molecule has 0 spiro atoms. The molecule has 2 unspecified atom stereocenters. The average molecular weight is 661 g/mol. The van der Waals surface area contributed by atoms with E-state index in [1.54, 1.807) is 12.4 Å². The minimum Gasteiger partial charge on any atom is -0.493 e. The Morgan fingerprint density at radius 3 is 2.06 bits per heavy atom. The van der Waals surface area contributed by atoms with Crippen LogP contribution in [0.15, 0.2) is 90.3 Å². The van der Waals surface area contributed by atoms with Gasteiger partial charge < -0.3 is 20.1 Å². The van der Waals surface area contributed by atoms with Crippen molar-refractivity contribution in [2.24, 2.45) is 11.8 Å². The molecule has 49 heavy (non-hydrogen) atoms. The molecule has 2 atom stereocenters. The molecule has 6 nitrogen and oxygen atoms in total. The Kier molecular flexibility index (Phi) is 15.3. The van der Waals surface area contributed by atoms with Crippen LogP contribution in [0.5, 0.6) is 11.5 Å². The van der Waals surface area contributed by atoms with Crippen molar-refractivity contribution >= 4 is 17.0 Å². The van der Waals surface area contributed by atoms with Crippen LogP contribution < -0.4 is 20.1 Å². The van der Waals surface area contributed by atoms with Crippen LogP contribution in [0.2, 0.25) is 0 Å². The summed E-state index contributed by atoms with van der Waals surface area (Å²) in [4.78, 5) is 4.39. The zero-order valence-corrected chi connectivity index (χ0v) is 30.4. The van der Waals surface area contributed by atoms with Crippen molar-refractivity contribution in [2.75, 3.05) is 19.8 Å². The summed E-state index contributed by atoms with van der Waals surface area (Å²) < 4.78 is 12.4. The quantitative estimate of drug-likeness (QED) is 0.0927. The summed E-state index contributed by atoms with van der Waals surface area (Å²) in [6, 6.07) is 24.6. The minimum atomic E-state index is 0.468. The first-order valence-corrected chi connectivity index (χ1v) is 18.4. The van der Waals surface area contributed by atoms with E-state index >= 15 is 0 Å². The van der Waals surface area contributed by atoms with Crippen molar-refractivity contribution in [3.8, 4) is 17.6 Å². The standard InChI is InChI=1S/C43H56N4O2/c1-6-10-12-16-34(9-4)31-49-38-22-18-35(19-23-38)42-32(5)40(29-47-42)43(46-28-37(27-44)41-17-13-14-26-45-41)36-20-24-39(25-21-36)48-30-33(8-3)15-11-7-2/h13-14,17-26,28,33-34,46-47H,6-12,15-16,29-31H2,1-5H3/b37-28-,43-40-. The maximum Gasteiger partial charge on any atom is 0.119 e. The number of nitrogens with zero attached hydrogens (tertiary/aromatic N) is 2. The molecule has 4 rings (SSSR count). The zero-order chi connectivity index (χ0) is 34.8. The molecule has 0 saturated heterocycles. The number of rotatable bonds is 20. The third-order valence-corrected chi connectivity index (χ3v) is 9.59. The van der Waals surface area contributed by atoms with Crippen LogP contribution in [0.1, 0.15) is 109 Å². The van der Waals surface area contributed by atoms with Gasteiger partial charge in [0, 0.05) is 30.2 Å². The molecular formula is C43H56N4O2. The highest BCUT2D eigenvalue weighted by Gasteiger charge is 2.22. The second-order valence-corrected chi connectivity index (χ2v) is 13.1. The number of nitrogens with one attached hydrogen (secondary N) is 2. The summed E-state index contributed by atoms with van der Waals surface area (Å²) in [5.41, 5.74) is 7.57. The second-order valence-electron chi connectivity index (χ2n) is 13.1. The van der Waals surface area contributed by atoms with Crippen LogP contribution in [-0.4, -0.2) is 24.7 Å². The third-order valence-electron chi connectivity index (χ3n) is 9.59. The van der Waals surface area contributed by atoms with Gasteiger partial charge in [-0.3, -0.25) is 4.98 Å². The molecule has 2 heterocycles. The number of hydrogen-bond donors (Lipinski definition) is 2. The largest absolute Gasteiger partial charge is 0.493 e. The van der Waals surface area contributed by atoms with Gasteiger partial charge in [0.2, 0.25) is 0 Å². The Labute approximate surface area is 295 Å². The molecule has 1 aliphatic heterocycles. The number of ether oxygens (including phenoxy) is 2. The molecule has 0 fully saturated rings. The predicted octanol–water partition coefficient (Wildman–Crippen LogP) is 10.6. The van der Waals surface area contributed by atoms with Gasteiger partial charge in [0.1, 0.15) is 17.6 Å². The van der Waals surface area contributed by atoms with Crippen molar-refractivity contribution in [1.82, 2.24) is 15.6 Å². The highest BCUT2D eigenvalue weighted by molar-refractivity contribution is 5.84. The smallest absolute Gasteiger partial charge is 0.119 e. The number of unbranched alkanes of at least 4 members (excludes halogenated alkanes) is 3. The van der Waals surface area contributed by atoms with E-state index in [0.29, 0.717) is 29.6 Å². The van der Waals surface area contributed by atoms with E-state index in [9.17, 15) is 5.26 Å². The SMILES string of the molecule is CCCCCC(CC)COc1ccc(C2=C(C)/C(=C(\N/C=C(/C#N)c3ccccn3)c3ccc(OCC(CC)CCCC)cc3)CN2)cc1. The first kappa shape index (κ1) is 37.3. The highest BCUT2D eigenvalue weighted by Crippen LogP contribution is 2.33. The first-order chi connectivity index (χ1) is 24.0. The predicted molar refractivity (Wildman–Crippen MR) is 204 cm³/mol. The molecule has 2 aromatic carbocycles. The number of benzene rings is 2. The minimum absolute atomic E-state index is 0.468. The van der Waals surface area contributed by atoms with E-state index in [2.05, 4.69) is 92.7 Å². The number of aromatic nitrogens is 1. The van der Waals surface area contributed by atoms with Crippen molar-refractivity contribution in [3.63, 3.8) is 0 Å². The Morgan fingerprint density at radius 2 is 1.49 bits per heavy atom. The van der Waals surface area contributed by atoms with Crippen LogP contribution in [-0.2, 0) is 0 Å². The summed E-state index contributed by atoms with van der Waals surface area (Å²) in [6.07, 6.45) is 14.4. The topological polar surface area (TPSA) is 79.2 Å². The maximum atomic E-state index is 9.98. The molecule has 0 radical (unpaired) electrons. The lowest BCUT2D eigenvalue weighted by Crippen LogP contribution is -2.13. The fraction of sp³-hybridized carbons (Fsp3) is 0.442. The van der Waals surface area contributed by atoms with Crippen LogP contribution >= 0.6 is 0 Å². The van der Waals surface area contributed by atoms with E-state index in [0.717, 1.165) is 71.2 Å². The molecule has 2 N–H and O–H groups in total. The lowest BCUT2D eigenvalue weighted by atomic mass is 9.99. The Bertz CT molecular complexity index is 1570. The Morgan fingerprint density at radius 1 is 0.857 bits per heavy atom. The van der Waals surface area contributed by atoms with Crippen molar-refractivity contribution in [1.29, 1.82) is 5.26 Å². The van der Waals surface area contributed by atoms with Gasteiger partial charge in [-0.15, -0.1) is 0 Å². The molecule has 260 valence electrons. The van der Waals surface area contributed by atoms with E-state index < -0.39 is 0 Å². The molecule has 0 aliphatic carbocycles. The molecular weight excluding hydrogens is 604 g/mol. The Balaban J connectivity index is 1.58. The van der Waals surface area contributed by atoms with Gasteiger partial charge >= 0.3 is 0 Å². The molecule has 3 aromatic rings. The number of pyridine rings is 1. The van der Waals surface area contributed by atoms with Crippen LogP contribution in [0, 0.1) is 23.2 Å². The molecule has 1 aliphatic rings. The number of allylic oxidation sites excluding steroid dienone is 1.